The Hall–Kier alpha value is -0.960. The molecule has 2 nitrogen and oxygen atoms in total. The summed E-state index contributed by atoms with van der Waals surface area (Å²) in [6.07, 6.45) is 2.29. The topological polar surface area (TPSA) is 34.1 Å². The smallest absolute Gasteiger partial charge is 0.146 e. The van der Waals surface area contributed by atoms with Crippen molar-refractivity contribution in [1.82, 2.24) is 0 Å². The van der Waals surface area contributed by atoms with Gasteiger partial charge in [0.05, 0.1) is 5.41 Å². The van der Waals surface area contributed by atoms with Crippen LogP contribution in [0.25, 0.3) is 0 Å². The van der Waals surface area contributed by atoms with Gasteiger partial charge in [0, 0.05) is 17.3 Å². The highest BCUT2D eigenvalue weighted by Gasteiger charge is 2.42. The van der Waals surface area contributed by atoms with Gasteiger partial charge in [-0.05, 0) is 31.4 Å². The van der Waals surface area contributed by atoms with Crippen molar-refractivity contribution in [2.75, 3.05) is 0 Å². The maximum atomic E-state index is 12.0. The van der Waals surface area contributed by atoms with Crippen LogP contribution >= 0.6 is 15.9 Å². The monoisotopic (exact) mass is 294 g/mol. The minimum atomic E-state index is -0.817. The van der Waals surface area contributed by atoms with E-state index in [1.165, 1.54) is 0 Å². The number of hydrogen-bond donors (Lipinski definition) is 0. The molecular formula is C14H15BrO2. The predicted octanol–water partition coefficient (Wildman–Crippen LogP) is 3.32. The van der Waals surface area contributed by atoms with E-state index < -0.39 is 5.41 Å². The third-order valence-electron chi connectivity index (χ3n) is 3.54. The summed E-state index contributed by atoms with van der Waals surface area (Å²) in [5.74, 6) is 0.175. The quantitative estimate of drug-likeness (QED) is 0.784. The lowest BCUT2D eigenvalue weighted by molar-refractivity contribution is -0.142. The summed E-state index contributed by atoms with van der Waals surface area (Å²) in [4.78, 5) is 24.0. The zero-order valence-corrected chi connectivity index (χ0v) is 11.4. The van der Waals surface area contributed by atoms with Crippen LogP contribution in [0.1, 0.15) is 31.7 Å². The molecule has 1 saturated carbocycles. The number of halogens is 1. The van der Waals surface area contributed by atoms with E-state index in [0.717, 1.165) is 10.0 Å². The Labute approximate surface area is 110 Å². The van der Waals surface area contributed by atoms with Gasteiger partial charge in [-0.25, -0.2) is 0 Å². The fourth-order valence-corrected chi connectivity index (χ4v) is 2.76. The van der Waals surface area contributed by atoms with Gasteiger partial charge >= 0.3 is 0 Å². The first-order chi connectivity index (χ1) is 8.04. The van der Waals surface area contributed by atoms with E-state index in [-0.39, 0.29) is 11.6 Å². The summed E-state index contributed by atoms with van der Waals surface area (Å²) in [7, 11) is 0. The van der Waals surface area contributed by atoms with E-state index >= 15 is 0 Å². The lowest BCUT2D eigenvalue weighted by atomic mass is 9.70. The number of carbonyl (C=O) groups excluding carboxylic acids is 2. The third-order valence-corrected chi connectivity index (χ3v) is 4.31. The fraction of sp³-hybridized carbons (Fsp3) is 0.429. The second kappa shape index (κ2) is 4.73. The molecule has 1 fully saturated rings. The Morgan fingerprint density at radius 1 is 1.18 bits per heavy atom. The molecule has 1 aromatic rings. The predicted molar refractivity (Wildman–Crippen MR) is 69.8 cm³/mol. The van der Waals surface area contributed by atoms with Gasteiger partial charge in [-0.1, -0.05) is 34.1 Å². The first kappa shape index (κ1) is 12.5. The molecule has 0 aliphatic heterocycles. The van der Waals surface area contributed by atoms with Crippen molar-refractivity contribution in [3.63, 3.8) is 0 Å². The second-order valence-electron chi connectivity index (χ2n) is 4.80. The van der Waals surface area contributed by atoms with Crippen molar-refractivity contribution < 1.29 is 9.59 Å². The summed E-state index contributed by atoms with van der Waals surface area (Å²) >= 11 is 3.46. The summed E-state index contributed by atoms with van der Waals surface area (Å²) in [6.45, 7) is 1.79. The van der Waals surface area contributed by atoms with Crippen molar-refractivity contribution in [1.29, 1.82) is 0 Å². The molecule has 0 N–H and O–H groups in total. The second-order valence-corrected chi connectivity index (χ2v) is 5.65. The van der Waals surface area contributed by atoms with E-state index in [1.807, 2.05) is 24.3 Å². The van der Waals surface area contributed by atoms with Crippen LogP contribution in [0, 0.1) is 5.41 Å². The molecule has 1 aromatic carbocycles. The molecule has 0 atom stereocenters. The van der Waals surface area contributed by atoms with Crippen LogP contribution < -0.4 is 0 Å². The van der Waals surface area contributed by atoms with E-state index in [1.54, 1.807) is 6.92 Å². The van der Waals surface area contributed by atoms with Crippen LogP contribution in [0.4, 0.5) is 0 Å². The normalized spacial score (nSPS) is 19.4. The molecule has 0 amide bonds. The van der Waals surface area contributed by atoms with E-state index in [0.29, 0.717) is 25.7 Å². The highest BCUT2D eigenvalue weighted by Crippen LogP contribution is 2.34. The van der Waals surface area contributed by atoms with E-state index in [2.05, 4.69) is 15.9 Å². The Morgan fingerprint density at radius 2 is 1.76 bits per heavy atom. The van der Waals surface area contributed by atoms with Crippen LogP contribution in [0.5, 0.6) is 0 Å². The molecule has 0 bridgehead atoms. The zero-order valence-electron chi connectivity index (χ0n) is 9.83. The molecule has 0 aromatic heterocycles. The maximum absolute atomic E-state index is 12.0. The van der Waals surface area contributed by atoms with Gasteiger partial charge in [0.2, 0.25) is 0 Å². The summed E-state index contributed by atoms with van der Waals surface area (Å²) in [5.41, 5.74) is 0.209. The molecule has 0 spiro atoms. The molecule has 0 unspecified atom stereocenters. The summed E-state index contributed by atoms with van der Waals surface area (Å²) in [5, 5.41) is 0. The summed E-state index contributed by atoms with van der Waals surface area (Å²) < 4.78 is 0.965. The van der Waals surface area contributed by atoms with Crippen molar-refractivity contribution in [3.8, 4) is 0 Å². The number of Topliss-reactive ketones (excluding diaryl/α,β-unsaturated/α-hetero) is 2. The van der Waals surface area contributed by atoms with Crippen LogP contribution in [-0.2, 0) is 16.0 Å². The average Bonchev–Trinajstić information content (AvgIpc) is 2.30. The van der Waals surface area contributed by atoms with E-state index in [9.17, 15) is 9.59 Å². The lowest BCUT2D eigenvalue weighted by Crippen LogP contribution is -2.41. The molecule has 3 heteroatoms. The number of ketones is 2. The number of benzene rings is 1. The van der Waals surface area contributed by atoms with Crippen molar-refractivity contribution in [2.45, 2.75) is 32.6 Å². The molecule has 2 rings (SSSR count). The summed E-state index contributed by atoms with van der Waals surface area (Å²) in [6, 6.07) is 7.77. The fourth-order valence-electron chi connectivity index (χ4n) is 2.34. The minimum Gasteiger partial charge on any atom is -0.299 e. The minimum absolute atomic E-state index is 0.0875. The first-order valence-electron chi connectivity index (χ1n) is 5.84. The van der Waals surface area contributed by atoms with Crippen LogP contribution in [0.3, 0.4) is 0 Å². The van der Waals surface area contributed by atoms with Gasteiger partial charge in [-0.15, -0.1) is 0 Å². The van der Waals surface area contributed by atoms with Crippen molar-refractivity contribution >= 4 is 27.5 Å². The molecular weight excluding hydrogens is 280 g/mol. The van der Waals surface area contributed by atoms with Gasteiger partial charge in [0.15, 0.2) is 0 Å². The molecule has 0 heterocycles. The van der Waals surface area contributed by atoms with E-state index in [4.69, 9.17) is 0 Å². The number of carbonyl (C=O) groups is 2. The Morgan fingerprint density at radius 3 is 2.35 bits per heavy atom. The average molecular weight is 295 g/mol. The number of hydrogen-bond acceptors (Lipinski definition) is 2. The zero-order chi connectivity index (χ0) is 12.5. The van der Waals surface area contributed by atoms with Gasteiger partial charge in [-0.2, -0.15) is 0 Å². The highest BCUT2D eigenvalue weighted by molar-refractivity contribution is 9.10. The lowest BCUT2D eigenvalue weighted by Gasteiger charge is -2.30. The largest absolute Gasteiger partial charge is 0.299 e. The van der Waals surface area contributed by atoms with Crippen molar-refractivity contribution in [2.24, 2.45) is 5.41 Å². The molecule has 0 saturated heterocycles. The first-order valence-corrected chi connectivity index (χ1v) is 6.63. The molecule has 0 radical (unpaired) electrons. The van der Waals surface area contributed by atoms with Gasteiger partial charge in [0.1, 0.15) is 11.6 Å². The van der Waals surface area contributed by atoms with Gasteiger partial charge in [-0.3, -0.25) is 9.59 Å². The molecule has 17 heavy (non-hydrogen) atoms. The SMILES string of the molecule is CC1(Cc2ccccc2Br)C(=O)CCCC1=O. The van der Waals surface area contributed by atoms with Crippen LogP contribution in [-0.4, -0.2) is 11.6 Å². The van der Waals surface area contributed by atoms with Gasteiger partial charge < -0.3 is 0 Å². The Kier molecular flexibility index (Phi) is 3.48. The van der Waals surface area contributed by atoms with Crippen LogP contribution in [0.15, 0.2) is 28.7 Å². The molecule has 90 valence electrons. The standard InChI is InChI=1S/C14H15BrO2/c1-14(12(16)7-4-8-13(14)17)9-10-5-2-3-6-11(10)15/h2-3,5-6H,4,7-9H2,1H3. The maximum Gasteiger partial charge on any atom is 0.146 e. The molecule has 1 aliphatic rings. The Bertz CT molecular complexity index is 449. The van der Waals surface area contributed by atoms with Crippen molar-refractivity contribution in [3.05, 3.63) is 34.3 Å². The third kappa shape index (κ3) is 2.34. The Balaban J connectivity index is 2.30. The van der Waals surface area contributed by atoms with Crippen LogP contribution in [0.2, 0.25) is 0 Å². The highest BCUT2D eigenvalue weighted by atomic mass is 79.9. The van der Waals surface area contributed by atoms with Gasteiger partial charge in [0.25, 0.3) is 0 Å². The number of rotatable bonds is 2. The molecule has 1 aliphatic carbocycles.